The summed E-state index contributed by atoms with van der Waals surface area (Å²) in [5.41, 5.74) is 0.469. The second kappa shape index (κ2) is 10.2. The number of hydrogen-bond acceptors (Lipinski definition) is 3. The van der Waals surface area contributed by atoms with Crippen molar-refractivity contribution in [2.75, 3.05) is 46.0 Å². The van der Waals surface area contributed by atoms with Crippen LogP contribution in [0.5, 0.6) is 0 Å². The summed E-state index contributed by atoms with van der Waals surface area (Å²) in [5, 5.41) is 12.6. The Balaban J connectivity index is 1.36. The zero-order chi connectivity index (χ0) is 17.4. The van der Waals surface area contributed by atoms with E-state index < -0.39 is 0 Å². The van der Waals surface area contributed by atoms with Crippen molar-refractivity contribution < 1.29 is 24.8 Å². The van der Waals surface area contributed by atoms with Crippen molar-refractivity contribution in [3.05, 3.63) is 0 Å². The minimum atomic E-state index is -0.363. The number of aliphatic hydroxyl groups excluding tert-OH is 1. The zero-order valence-corrected chi connectivity index (χ0v) is 16.0. The van der Waals surface area contributed by atoms with E-state index in [0.29, 0.717) is 18.8 Å². The molecule has 2 heterocycles. The average Bonchev–Trinajstić information content (AvgIpc) is 3.17. The summed E-state index contributed by atoms with van der Waals surface area (Å²) >= 11 is 0. The first-order valence-electron chi connectivity index (χ1n) is 10.8. The second-order valence-electron chi connectivity index (χ2n) is 8.56. The van der Waals surface area contributed by atoms with E-state index in [1.54, 1.807) is 0 Å². The van der Waals surface area contributed by atoms with Crippen molar-refractivity contribution in [1.82, 2.24) is 0 Å². The molecule has 1 saturated carbocycles. The largest absolute Gasteiger partial charge is 0.385 e. The smallest absolute Gasteiger partial charge is 0.147 e. The third-order valence-corrected chi connectivity index (χ3v) is 6.63. The Morgan fingerprint density at radius 3 is 2.56 bits per heavy atom. The van der Waals surface area contributed by atoms with Crippen LogP contribution in [0.1, 0.15) is 64.2 Å². The molecule has 25 heavy (non-hydrogen) atoms. The number of piperidine rings is 1. The van der Waals surface area contributed by atoms with Crippen molar-refractivity contribution in [3.8, 4) is 0 Å². The average molecular weight is 357 g/mol. The van der Waals surface area contributed by atoms with Crippen LogP contribution in [0.25, 0.3) is 0 Å². The van der Waals surface area contributed by atoms with Gasteiger partial charge in [-0.3, -0.25) is 0 Å². The van der Waals surface area contributed by atoms with E-state index >= 15 is 0 Å². The van der Waals surface area contributed by atoms with Crippen molar-refractivity contribution in [1.29, 1.82) is 0 Å². The normalized spacial score (nSPS) is 28.9. The number of aliphatic hydroxyl groups is 1. The summed E-state index contributed by atoms with van der Waals surface area (Å²) in [7, 11) is 0. The molecule has 0 bridgehead atoms. The fourth-order valence-electron chi connectivity index (χ4n) is 5.17. The van der Waals surface area contributed by atoms with Crippen molar-refractivity contribution in [2.45, 2.75) is 82.0 Å². The monoisotopic (exact) mass is 356 g/mol. The summed E-state index contributed by atoms with van der Waals surface area (Å²) in [6.07, 6.45) is 13.3. The number of hydrogen-bond donors (Lipinski definition) is 3. The number of nitrogens with one attached hydrogen (secondary N) is 1. The summed E-state index contributed by atoms with van der Waals surface area (Å²) in [4.78, 5) is 1.86. The summed E-state index contributed by atoms with van der Waals surface area (Å²) in [5.74, 6) is 0. The highest BCUT2D eigenvalue weighted by molar-refractivity contribution is 4.82. The van der Waals surface area contributed by atoms with Gasteiger partial charge in [0.1, 0.15) is 24.7 Å². The maximum atomic E-state index is 10.2. The van der Waals surface area contributed by atoms with E-state index in [1.807, 2.05) is 4.90 Å². The van der Waals surface area contributed by atoms with Crippen LogP contribution in [0, 0.1) is 0 Å². The van der Waals surface area contributed by atoms with Gasteiger partial charge in [0.25, 0.3) is 0 Å². The Labute approximate surface area is 153 Å². The van der Waals surface area contributed by atoms with Gasteiger partial charge in [-0.15, -0.1) is 0 Å². The van der Waals surface area contributed by atoms with Gasteiger partial charge in [0.15, 0.2) is 0 Å². The number of nitrogens with two attached hydrogens (primary N) is 1. The molecule has 5 heteroatoms. The molecule has 0 radical (unpaired) electrons. The lowest BCUT2D eigenvalue weighted by Crippen LogP contribution is -3.24. The standard InChI is InChI=1S/C20H38N2O3/c23-18(15-24-16-19-8-7-13-25-19)14-21-17-20(9-3-1-4-10-20)22-11-5-2-6-12-22/h18-19,21,23H,1-17H2/p+2/t18-,19+/m0/s1. The third-order valence-electron chi connectivity index (χ3n) is 6.63. The Morgan fingerprint density at radius 2 is 1.84 bits per heavy atom. The number of rotatable bonds is 9. The topological polar surface area (TPSA) is 59.7 Å². The molecule has 3 rings (SSSR count). The minimum absolute atomic E-state index is 0.254. The number of ether oxygens (including phenoxy) is 2. The lowest BCUT2D eigenvalue weighted by Gasteiger charge is -2.43. The fraction of sp³-hybridized carbons (Fsp3) is 1.00. The Bertz CT molecular complexity index is 362. The third kappa shape index (κ3) is 5.90. The van der Waals surface area contributed by atoms with Gasteiger partial charge in [0, 0.05) is 19.4 Å². The maximum absolute atomic E-state index is 10.2. The van der Waals surface area contributed by atoms with Crippen LogP contribution in [0.4, 0.5) is 0 Å². The predicted molar refractivity (Wildman–Crippen MR) is 97.8 cm³/mol. The molecule has 2 atom stereocenters. The molecule has 0 aromatic rings. The van der Waals surface area contributed by atoms with E-state index in [4.69, 9.17) is 9.47 Å². The number of quaternary nitrogens is 2. The van der Waals surface area contributed by atoms with Gasteiger partial charge in [-0.1, -0.05) is 6.42 Å². The molecule has 0 amide bonds. The molecule has 4 N–H and O–H groups in total. The zero-order valence-electron chi connectivity index (χ0n) is 16.0. The van der Waals surface area contributed by atoms with E-state index in [0.717, 1.165) is 26.0 Å². The van der Waals surface area contributed by atoms with Gasteiger partial charge in [-0.25, -0.2) is 0 Å². The molecular weight excluding hydrogens is 316 g/mol. The molecule has 3 fully saturated rings. The quantitative estimate of drug-likeness (QED) is 0.540. The lowest BCUT2D eigenvalue weighted by molar-refractivity contribution is -0.972. The van der Waals surface area contributed by atoms with Gasteiger partial charge in [0.2, 0.25) is 0 Å². The summed E-state index contributed by atoms with van der Waals surface area (Å²) in [6, 6.07) is 0. The minimum Gasteiger partial charge on any atom is -0.385 e. The van der Waals surface area contributed by atoms with E-state index in [-0.39, 0.29) is 12.2 Å². The molecule has 2 aliphatic heterocycles. The summed E-state index contributed by atoms with van der Waals surface area (Å²) < 4.78 is 11.2. The van der Waals surface area contributed by atoms with Crippen LogP contribution in [-0.4, -0.2) is 68.9 Å². The predicted octanol–water partition coefficient (Wildman–Crippen LogP) is -0.122. The Hall–Kier alpha value is -0.200. The van der Waals surface area contributed by atoms with Crippen LogP contribution >= 0.6 is 0 Å². The molecule has 1 aliphatic carbocycles. The van der Waals surface area contributed by atoms with E-state index in [2.05, 4.69) is 5.32 Å². The van der Waals surface area contributed by atoms with Gasteiger partial charge in [0.05, 0.1) is 32.4 Å². The SMILES string of the molecule is O[C@@H](C[NH2+]CC1([NH+]2CCCCC2)CCCCC1)COC[C@H]1CCCO1. The highest BCUT2D eigenvalue weighted by Crippen LogP contribution is 2.25. The van der Waals surface area contributed by atoms with E-state index in [1.165, 1.54) is 71.0 Å². The highest BCUT2D eigenvalue weighted by atomic mass is 16.5. The van der Waals surface area contributed by atoms with Crippen LogP contribution in [-0.2, 0) is 9.47 Å². The molecule has 5 nitrogen and oxygen atoms in total. The first kappa shape index (κ1) is 19.6. The van der Waals surface area contributed by atoms with Gasteiger partial charge < -0.3 is 24.8 Å². The molecule has 2 saturated heterocycles. The number of likely N-dealkylation sites (tertiary alicyclic amines) is 1. The molecule has 3 aliphatic rings. The van der Waals surface area contributed by atoms with Crippen molar-refractivity contribution in [3.63, 3.8) is 0 Å². The Kier molecular flexibility index (Phi) is 7.99. The first-order valence-corrected chi connectivity index (χ1v) is 10.8. The molecule has 0 aromatic carbocycles. The van der Waals surface area contributed by atoms with Crippen LogP contribution < -0.4 is 10.2 Å². The Morgan fingerprint density at radius 1 is 1.08 bits per heavy atom. The van der Waals surface area contributed by atoms with Gasteiger partial charge in [-0.2, -0.15) is 0 Å². The molecular formula is C20H40N2O3+2. The van der Waals surface area contributed by atoms with E-state index in [9.17, 15) is 5.11 Å². The molecule has 146 valence electrons. The van der Waals surface area contributed by atoms with Crippen molar-refractivity contribution in [2.24, 2.45) is 0 Å². The van der Waals surface area contributed by atoms with Gasteiger partial charge in [-0.05, 0) is 44.9 Å². The first-order chi connectivity index (χ1) is 12.3. The second-order valence-corrected chi connectivity index (χ2v) is 8.56. The van der Waals surface area contributed by atoms with Crippen LogP contribution in [0.15, 0.2) is 0 Å². The highest BCUT2D eigenvalue weighted by Gasteiger charge is 2.43. The lowest BCUT2D eigenvalue weighted by atomic mass is 9.79. The maximum Gasteiger partial charge on any atom is 0.147 e. The molecule has 0 aromatic heterocycles. The molecule has 0 spiro atoms. The molecule has 0 unspecified atom stereocenters. The van der Waals surface area contributed by atoms with Gasteiger partial charge >= 0.3 is 0 Å². The van der Waals surface area contributed by atoms with Crippen LogP contribution in [0.2, 0.25) is 0 Å². The fourth-order valence-corrected chi connectivity index (χ4v) is 5.17. The van der Waals surface area contributed by atoms with Crippen molar-refractivity contribution >= 4 is 0 Å². The van der Waals surface area contributed by atoms with Crippen LogP contribution in [0.3, 0.4) is 0 Å². The summed E-state index contributed by atoms with van der Waals surface area (Å²) in [6.45, 7) is 6.61.